The average Bonchev–Trinajstić information content (AvgIpc) is 2.44. The maximum atomic E-state index is 11.7. The fraction of sp³-hybridized carbons (Fsp3) is 0.500. The molecule has 0 fully saturated rings. The maximum Gasteiger partial charge on any atom is 0.246 e. The third-order valence-corrected chi connectivity index (χ3v) is 3.67. The highest BCUT2D eigenvalue weighted by Gasteiger charge is 2.15. The number of carbonyl (C=O) groups is 1. The first-order valence-electron chi connectivity index (χ1n) is 6.66. The van der Waals surface area contributed by atoms with Crippen LogP contribution in [0.1, 0.15) is 44.2 Å². The number of amides is 1. The summed E-state index contributed by atoms with van der Waals surface area (Å²) in [5, 5.41) is 2.43. The second-order valence-corrected chi connectivity index (χ2v) is 6.60. The third kappa shape index (κ3) is 5.52. The van der Waals surface area contributed by atoms with E-state index in [0.717, 1.165) is 25.5 Å². The molecular weight excluding hydrogens is 290 g/mol. The van der Waals surface area contributed by atoms with Crippen molar-refractivity contribution in [2.24, 2.45) is 0 Å². The van der Waals surface area contributed by atoms with Crippen molar-refractivity contribution < 1.29 is 13.2 Å². The van der Waals surface area contributed by atoms with Crippen molar-refractivity contribution in [1.82, 2.24) is 15.3 Å². The van der Waals surface area contributed by atoms with Gasteiger partial charge in [0.25, 0.3) is 0 Å². The van der Waals surface area contributed by atoms with E-state index in [0.29, 0.717) is 12.0 Å². The molecule has 0 aliphatic carbocycles. The molecule has 0 radical (unpaired) electrons. The van der Waals surface area contributed by atoms with Gasteiger partial charge in [-0.25, -0.2) is 18.4 Å². The minimum absolute atomic E-state index is 0.140. The lowest BCUT2D eigenvalue weighted by Gasteiger charge is -2.13. The van der Waals surface area contributed by atoms with Gasteiger partial charge in [0.05, 0.1) is 0 Å². The van der Waals surface area contributed by atoms with E-state index in [1.165, 1.54) is 12.4 Å². The van der Waals surface area contributed by atoms with Crippen LogP contribution >= 0.6 is 0 Å². The van der Waals surface area contributed by atoms with E-state index in [1.54, 1.807) is 0 Å². The molecule has 1 heterocycles. The lowest BCUT2D eigenvalue weighted by Crippen LogP contribution is -2.27. The first kappa shape index (κ1) is 17.1. The van der Waals surface area contributed by atoms with Crippen molar-refractivity contribution in [3.63, 3.8) is 0 Å². The number of nitrogens with zero attached hydrogens (tertiary/aromatic N) is 2. The second kappa shape index (κ2) is 7.74. The number of aromatic nitrogens is 2. The first-order chi connectivity index (χ1) is 9.88. The van der Waals surface area contributed by atoms with Crippen LogP contribution in [0.4, 0.5) is 0 Å². The molecule has 0 spiro atoms. The van der Waals surface area contributed by atoms with Gasteiger partial charge in [-0.2, -0.15) is 0 Å². The van der Waals surface area contributed by atoms with Crippen LogP contribution in [0.15, 0.2) is 17.6 Å². The van der Waals surface area contributed by atoms with E-state index in [1.807, 2.05) is 0 Å². The Labute approximate surface area is 125 Å². The highest BCUT2D eigenvalue weighted by atomic mass is 32.2. The van der Waals surface area contributed by atoms with Gasteiger partial charge in [0, 0.05) is 30.6 Å². The zero-order valence-electron chi connectivity index (χ0n) is 12.2. The molecule has 1 unspecified atom stereocenters. The molecule has 21 heavy (non-hydrogen) atoms. The molecule has 7 heteroatoms. The van der Waals surface area contributed by atoms with E-state index >= 15 is 0 Å². The summed E-state index contributed by atoms with van der Waals surface area (Å²) < 4.78 is 22.5. The van der Waals surface area contributed by atoms with Gasteiger partial charge in [0.2, 0.25) is 20.9 Å². The zero-order valence-corrected chi connectivity index (χ0v) is 13.0. The summed E-state index contributed by atoms with van der Waals surface area (Å²) in [6, 6.07) is -0.660. The van der Waals surface area contributed by atoms with E-state index in [4.69, 9.17) is 6.42 Å². The number of carbonyl (C=O) groups excluding carboxylic acids is 1. The van der Waals surface area contributed by atoms with Gasteiger partial charge in [-0.05, 0) is 6.42 Å². The van der Waals surface area contributed by atoms with Crippen LogP contribution in [0.25, 0.3) is 0 Å². The summed E-state index contributed by atoms with van der Waals surface area (Å²) in [4.78, 5) is 19.3. The predicted molar refractivity (Wildman–Crippen MR) is 79.0 cm³/mol. The van der Waals surface area contributed by atoms with E-state index in [9.17, 15) is 13.2 Å². The molecule has 6 nitrogen and oxygen atoms in total. The maximum absolute atomic E-state index is 11.7. The Morgan fingerprint density at radius 1 is 1.38 bits per heavy atom. The first-order valence-corrected chi connectivity index (χ1v) is 8.55. The number of sulfone groups is 1. The van der Waals surface area contributed by atoms with Crippen molar-refractivity contribution in [3.05, 3.63) is 18.0 Å². The topological polar surface area (TPSA) is 89.0 Å². The molecule has 0 saturated heterocycles. The Morgan fingerprint density at radius 2 is 2.00 bits per heavy atom. The van der Waals surface area contributed by atoms with Crippen molar-refractivity contribution in [2.75, 3.05) is 6.26 Å². The molecule has 0 aliphatic heterocycles. The molecule has 1 N–H and O–H groups in total. The Balaban J connectivity index is 2.73. The average molecular weight is 309 g/mol. The fourth-order valence-electron chi connectivity index (χ4n) is 1.66. The zero-order chi connectivity index (χ0) is 15.9. The number of hydrogen-bond acceptors (Lipinski definition) is 5. The molecule has 0 saturated carbocycles. The van der Waals surface area contributed by atoms with Crippen LogP contribution in [0, 0.1) is 12.3 Å². The summed E-state index contributed by atoms with van der Waals surface area (Å²) in [7, 11) is -3.45. The Morgan fingerprint density at radius 3 is 2.48 bits per heavy atom. The summed E-state index contributed by atoms with van der Waals surface area (Å²) in [6.07, 6.45) is 12.3. The molecule has 0 bridgehead atoms. The molecule has 1 amide bonds. The normalized spacial score (nSPS) is 12.4. The lowest BCUT2D eigenvalue weighted by molar-refractivity contribution is -0.121. The van der Waals surface area contributed by atoms with Crippen molar-refractivity contribution >= 4 is 15.7 Å². The molecule has 0 aliphatic rings. The van der Waals surface area contributed by atoms with Crippen LogP contribution in [0.2, 0.25) is 0 Å². The Bertz CT molecular complexity index is 618. The van der Waals surface area contributed by atoms with Gasteiger partial charge in [-0.1, -0.05) is 25.7 Å². The molecule has 1 aromatic rings. The van der Waals surface area contributed by atoms with Crippen LogP contribution < -0.4 is 5.32 Å². The van der Waals surface area contributed by atoms with E-state index in [2.05, 4.69) is 28.1 Å². The van der Waals surface area contributed by atoms with Crippen molar-refractivity contribution in [3.8, 4) is 12.3 Å². The van der Waals surface area contributed by atoms with Gasteiger partial charge in [0.1, 0.15) is 6.04 Å². The molecule has 1 rings (SSSR count). The van der Waals surface area contributed by atoms with E-state index < -0.39 is 15.9 Å². The lowest BCUT2D eigenvalue weighted by atomic mass is 10.1. The Hall–Kier alpha value is -1.94. The van der Waals surface area contributed by atoms with Crippen molar-refractivity contribution in [2.45, 2.75) is 43.8 Å². The molecule has 0 aromatic carbocycles. The largest absolute Gasteiger partial charge is 0.338 e. The van der Waals surface area contributed by atoms with Crippen LogP contribution in [-0.4, -0.2) is 30.5 Å². The summed E-state index contributed by atoms with van der Waals surface area (Å²) in [5.41, 5.74) is 0.480. The van der Waals surface area contributed by atoms with Gasteiger partial charge in [0.15, 0.2) is 0 Å². The summed E-state index contributed by atoms with van der Waals surface area (Å²) in [5.74, 6) is 2.30. The Kier molecular flexibility index (Phi) is 6.31. The van der Waals surface area contributed by atoms with Gasteiger partial charge in [-0.3, -0.25) is 4.79 Å². The second-order valence-electron chi connectivity index (χ2n) is 4.70. The number of nitrogens with one attached hydrogen (secondary N) is 1. The number of unbranched alkanes of at least 4 members (excludes halogenated alkanes) is 2. The monoisotopic (exact) mass is 309 g/mol. The highest BCUT2D eigenvalue weighted by Crippen LogP contribution is 2.12. The molecule has 114 valence electrons. The number of terminal acetylenes is 1. The fourth-order valence-corrected chi connectivity index (χ4v) is 2.15. The quantitative estimate of drug-likeness (QED) is 0.465. The smallest absolute Gasteiger partial charge is 0.246 e. The number of rotatable bonds is 7. The molecular formula is C14H19N3O3S. The van der Waals surface area contributed by atoms with E-state index in [-0.39, 0.29) is 11.1 Å². The third-order valence-electron chi connectivity index (χ3n) is 2.79. The van der Waals surface area contributed by atoms with Gasteiger partial charge in [-0.15, -0.1) is 6.42 Å². The molecule has 1 atom stereocenters. The summed E-state index contributed by atoms with van der Waals surface area (Å²) >= 11 is 0. The molecule has 1 aromatic heterocycles. The number of hydrogen-bond donors (Lipinski definition) is 1. The minimum atomic E-state index is -3.45. The van der Waals surface area contributed by atoms with Crippen LogP contribution in [-0.2, 0) is 14.6 Å². The SMILES string of the molecule is C#CC(NC(=O)CCCCC)c1cnc(S(C)(=O)=O)nc1. The standard InChI is InChI=1S/C14H19N3O3S/c1-4-6-7-8-13(18)17-12(5-2)11-9-15-14(16-10-11)21(3,19)20/h2,9-10,12H,4,6-8H2,1,3H3,(H,17,18). The minimum Gasteiger partial charge on any atom is -0.338 e. The predicted octanol–water partition coefficient (Wildman–Crippen LogP) is 1.25. The highest BCUT2D eigenvalue weighted by molar-refractivity contribution is 7.90. The van der Waals surface area contributed by atoms with Gasteiger partial charge < -0.3 is 5.32 Å². The van der Waals surface area contributed by atoms with Crippen molar-refractivity contribution in [1.29, 1.82) is 0 Å². The van der Waals surface area contributed by atoms with Crippen LogP contribution in [0.5, 0.6) is 0 Å². The van der Waals surface area contributed by atoms with Gasteiger partial charge >= 0.3 is 0 Å². The summed E-state index contributed by atoms with van der Waals surface area (Å²) in [6.45, 7) is 2.06. The van der Waals surface area contributed by atoms with Crippen LogP contribution in [0.3, 0.4) is 0 Å².